The zero-order chi connectivity index (χ0) is 22.2. The number of benzene rings is 2. The molecule has 0 unspecified atom stereocenters. The normalized spacial score (nSPS) is 16.5. The molecular formula is C24H34FN3O3. The molecule has 0 aromatic heterocycles. The van der Waals surface area contributed by atoms with Crippen molar-refractivity contribution in [1.82, 2.24) is 14.7 Å². The van der Waals surface area contributed by atoms with Crippen molar-refractivity contribution in [2.24, 2.45) is 0 Å². The van der Waals surface area contributed by atoms with Crippen LogP contribution in [-0.4, -0.2) is 86.4 Å². The molecule has 1 N–H and O–H groups in total. The first-order valence-electron chi connectivity index (χ1n) is 10.7. The van der Waals surface area contributed by atoms with Gasteiger partial charge in [0, 0.05) is 45.8 Å². The number of hydrogen-bond donors (Lipinski definition) is 1. The summed E-state index contributed by atoms with van der Waals surface area (Å²) in [5.74, 6) is 1.06. The van der Waals surface area contributed by atoms with E-state index in [1.165, 1.54) is 12.1 Å². The van der Waals surface area contributed by atoms with E-state index in [9.17, 15) is 9.50 Å². The fraction of sp³-hybridized carbons (Fsp3) is 0.500. The summed E-state index contributed by atoms with van der Waals surface area (Å²) in [6.45, 7) is 6.23. The molecule has 1 fully saturated rings. The van der Waals surface area contributed by atoms with E-state index in [0.29, 0.717) is 31.1 Å². The van der Waals surface area contributed by atoms with Crippen molar-refractivity contribution in [2.45, 2.75) is 19.2 Å². The van der Waals surface area contributed by atoms with Gasteiger partial charge in [-0.05, 0) is 49.5 Å². The molecule has 170 valence electrons. The maximum absolute atomic E-state index is 13.1. The molecule has 0 bridgehead atoms. The van der Waals surface area contributed by atoms with E-state index in [0.717, 1.165) is 37.3 Å². The molecule has 2 aromatic rings. The quantitative estimate of drug-likeness (QED) is 0.624. The topological polar surface area (TPSA) is 48.4 Å². The Morgan fingerprint density at radius 3 is 2.32 bits per heavy atom. The van der Waals surface area contributed by atoms with E-state index in [-0.39, 0.29) is 12.4 Å². The van der Waals surface area contributed by atoms with Crippen LogP contribution in [0, 0.1) is 5.82 Å². The second-order valence-electron chi connectivity index (χ2n) is 8.35. The first kappa shape index (κ1) is 23.5. The summed E-state index contributed by atoms with van der Waals surface area (Å²) in [6, 6.07) is 12.4. The number of aliphatic hydroxyl groups excluding tert-OH is 1. The number of β-amino-alcohol motifs (C(OH)–C–C–N with tert-alkyl or cyclic N) is 1. The summed E-state index contributed by atoms with van der Waals surface area (Å²) in [5, 5.41) is 10.4. The van der Waals surface area contributed by atoms with Crippen molar-refractivity contribution >= 4 is 0 Å². The van der Waals surface area contributed by atoms with Crippen molar-refractivity contribution in [3.8, 4) is 11.5 Å². The van der Waals surface area contributed by atoms with Gasteiger partial charge < -0.3 is 19.5 Å². The van der Waals surface area contributed by atoms with Crippen molar-refractivity contribution < 1.29 is 19.0 Å². The molecule has 3 rings (SSSR count). The van der Waals surface area contributed by atoms with Gasteiger partial charge in [0.1, 0.15) is 18.5 Å². The molecule has 1 atom stereocenters. The van der Waals surface area contributed by atoms with E-state index in [4.69, 9.17) is 9.47 Å². The summed E-state index contributed by atoms with van der Waals surface area (Å²) in [4.78, 5) is 6.72. The van der Waals surface area contributed by atoms with Crippen LogP contribution in [-0.2, 0) is 13.1 Å². The monoisotopic (exact) mass is 431 g/mol. The predicted octanol–water partition coefficient (Wildman–Crippen LogP) is 2.45. The van der Waals surface area contributed by atoms with Gasteiger partial charge in [0.15, 0.2) is 11.5 Å². The lowest BCUT2D eigenvalue weighted by Crippen LogP contribution is -2.47. The summed E-state index contributed by atoms with van der Waals surface area (Å²) in [7, 11) is 5.75. The fourth-order valence-electron chi connectivity index (χ4n) is 3.77. The van der Waals surface area contributed by atoms with E-state index in [1.807, 2.05) is 25.2 Å². The Morgan fingerprint density at radius 2 is 1.65 bits per heavy atom. The minimum Gasteiger partial charge on any atom is -0.493 e. The summed E-state index contributed by atoms with van der Waals surface area (Å²) >= 11 is 0. The van der Waals surface area contributed by atoms with Crippen LogP contribution in [0.3, 0.4) is 0 Å². The average molecular weight is 432 g/mol. The third kappa shape index (κ3) is 7.47. The number of aliphatic hydroxyl groups is 1. The maximum atomic E-state index is 13.1. The smallest absolute Gasteiger partial charge is 0.161 e. The standard InChI is InChI=1S/C24H34FN3O3/c1-26-10-12-28(13-11-26)17-22(29)18-31-24-14-20(6-9-23(24)30-3)16-27(2)15-19-4-7-21(25)8-5-19/h4-9,14,22,29H,10-13,15-18H2,1-3H3/t22-/m1/s1. The zero-order valence-corrected chi connectivity index (χ0v) is 18.8. The highest BCUT2D eigenvalue weighted by Gasteiger charge is 2.18. The number of rotatable bonds is 10. The summed E-state index contributed by atoms with van der Waals surface area (Å²) in [6.07, 6.45) is -0.557. The lowest BCUT2D eigenvalue weighted by molar-refractivity contribution is 0.0497. The van der Waals surface area contributed by atoms with Crippen LogP contribution < -0.4 is 9.47 Å². The summed E-state index contributed by atoms with van der Waals surface area (Å²) < 4.78 is 24.5. The first-order valence-corrected chi connectivity index (χ1v) is 10.7. The number of nitrogens with zero attached hydrogens (tertiary/aromatic N) is 3. The van der Waals surface area contributed by atoms with Crippen molar-refractivity contribution in [1.29, 1.82) is 0 Å². The summed E-state index contributed by atoms with van der Waals surface area (Å²) in [5.41, 5.74) is 2.13. The molecule has 6 nitrogen and oxygen atoms in total. The van der Waals surface area contributed by atoms with Crippen LogP contribution in [0.2, 0.25) is 0 Å². The highest BCUT2D eigenvalue weighted by atomic mass is 19.1. The number of hydrogen-bond acceptors (Lipinski definition) is 6. The van der Waals surface area contributed by atoms with Gasteiger partial charge in [-0.25, -0.2) is 4.39 Å². The lowest BCUT2D eigenvalue weighted by Gasteiger charge is -2.33. The van der Waals surface area contributed by atoms with Gasteiger partial charge in [0.05, 0.1) is 7.11 Å². The second kappa shape index (κ2) is 11.4. The lowest BCUT2D eigenvalue weighted by atomic mass is 10.1. The second-order valence-corrected chi connectivity index (χ2v) is 8.35. The van der Waals surface area contributed by atoms with Crippen LogP contribution in [0.1, 0.15) is 11.1 Å². The van der Waals surface area contributed by atoms with Gasteiger partial charge >= 0.3 is 0 Å². The van der Waals surface area contributed by atoms with Crippen molar-refractivity contribution in [2.75, 3.05) is 60.5 Å². The van der Waals surface area contributed by atoms with E-state index in [1.54, 1.807) is 19.2 Å². The molecule has 2 aromatic carbocycles. The Kier molecular flexibility index (Phi) is 8.66. The van der Waals surface area contributed by atoms with E-state index in [2.05, 4.69) is 21.7 Å². The van der Waals surface area contributed by atoms with Crippen LogP contribution in [0.5, 0.6) is 11.5 Å². The average Bonchev–Trinajstić information content (AvgIpc) is 2.75. The molecule has 1 heterocycles. The van der Waals surface area contributed by atoms with Crippen LogP contribution in [0.25, 0.3) is 0 Å². The van der Waals surface area contributed by atoms with Gasteiger partial charge in [-0.3, -0.25) is 9.80 Å². The number of methoxy groups -OCH3 is 1. The van der Waals surface area contributed by atoms with Gasteiger partial charge in [0.2, 0.25) is 0 Å². The Morgan fingerprint density at radius 1 is 1.00 bits per heavy atom. The molecule has 0 amide bonds. The Balaban J connectivity index is 1.53. The fourth-order valence-corrected chi connectivity index (χ4v) is 3.77. The van der Waals surface area contributed by atoms with Gasteiger partial charge in [0.25, 0.3) is 0 Å². The number of piperazine rings is 1. The Bertz CT molecular complexity index is 810. The van der Waals surface area contributed by atoms with Gasteiger partial charge in [-0.1, -0.05) is 18.2 Å². The highest BCUT2D eigenvalue weighted by Crippen LogP contribution is 2.29. The molecule has 7 heteroatoms. The maximum Gasteiger partial charge on any atom is 0.161 e. The number of ether oxygens (including phenoxy) is 2. The van der Waals surface area contributed by atoms with Crippen LogP contribution in [0.4, 0.5) is 4.39 Å². The minimum absolute atomic E-state index is 0.220. The number of halogens is 1. The third-order valence-electron chi connectivity index (χ3n) is 5.54. The van der Waals surface area contributed by atoms with E-state index >= 15 is 0 Å². The van der Waals surface area contributed by atoms with Crippen molar-refractivity contribution in [3.63, 3.8) is 0 Å². The predicted molar refractivity (Wildman–Crippen MR) is 120 cm³/mol. The van der Waals surface area contributed by atoms with E-state index < -0.39 is 6.10 Å². The highest BCUT2D eigenvalue weighted by molar-refractivity contribution is 5.43. The van der Waals surface area contributed by atoms with Crippen LogP contribution in [0.15, 0.2) is 42.5 Å². The van der Waals surface area contributed by atoms with Crippen LogP contribution >= 0.6 is 0 Å². The number of likely N-dealkylation sites (N-methyl/N-ethyl adjacent to an activating group) is 1. The Labute approximate surface area is 184 Å². The molecule has 1 aliphatic rings. The molecular weight excluding hydrogens is 397 g/mol. The molecule has 0 spiro atoms. The van der Waals surface area contributed by atoms with Gasteiger partial charge in [-0.2, -0.15) is 0 Å². The molecule has 31 heavy (non-hydrogen) atoms. The third-order valence-corrected chi connectivity index (χ3v) is 5.54. The molecule has 1 saturated heterocycles. The molecule has 0 aliphatic carbocycles. The molecule has 0 saturated carbocycles. The SMILES string of the molecule is COc1ccc(CN(C)Cc2ccc(F)cc2)cc1OC[C@H](O)CN1CCN(C)CC1. The van der Waals surface area contributed by atoms with Crippen molar-refractivity contribution in [3.05, 3.63) is 59.4 Å². The largest absolute Gasteiger partial charge is 0.493 e. The Hall–Kier alpha value is -2.19. The van der Waals surface area contributed by atoms with Gasteiger partial charge in [-0.15, -0.1) is 0 Å². The zero-order valence-electron chi connectivity index (χ0n) is 18.8. The molecule has 1 aliphatic heterocycles. The molecule has 0 radical (unpaired) electrons. The minimum atomic E-state index is -0.557. The first-order chi connectivity index (χ1) is 14.9.